The van der Waals surface area contributed by atoms with E-state index in [1.165, 1.54) is 28.9 Å². The largest absolute Gasteiger partial charge is 0.545 e. The summed E-state index contributed by atoms with van der Waals surface area (Å²) in [5.74, 6) is -1.01. The molecular formula is C15H16N3O4-. The Labute approximate surface area is 127 Å². The molecule has 22 heavy (non-hydrogen) atoms. The van der Waals surface area contributed by atoms with E-state index < -0.39 is 10.9 Å². The topological polar surface area (TPSA) is 101 Å². The summed E-state index contributed by atoms with van der Waals surface area (Å²) in [5, 5.41) is 26.4. The van der Waals surface area contributed by atoms with Crippen LogP contribution < -0.4 is 5.11 Å². The monoisotopic (exact) mass is 302 g/mol. The summed E-state index contributed by atoms with van der Waals surface area (Å²) in [6, 6.07) is 5.79. The van der Waals surface area contributed by atoms with Gasteiger partial charge in [0, 0.05) is 17.7 Å². The van der Waals surface area contributed by atoms with Gasteiger partial charge in [-0.25, -0.2) is 4.68 Å². The predicted octanol–water partition coefficient (Wildman–Crippen LogP) is 1.65. The van der Waals surface area contributed by atoms with Crippen LogP contribution in [0.3, 0.4) is 0 Å². The first-order valence-corrected chi connectivity index (χ1v) is 6.86. The molecule has 0 atom stereocenters. The van der Waals surface area contributed by atoms with Crippen LogP contribution in [0.2, 0.25) is 0 Å². The van der Waals surface area contributed by atoms with Crippen molar-refractivity contribution in [2.24, 2.45) is 5.92 Å². The lowest BCUT2D eigenvalue weighted by Gasteiger charge is -2.06. The molecule has 116 valence electrons. The van der Waals surface area contributed by atoms with Crippen LogP contribution in [0.1, 0.15) is 35.6 Å². The van der Waals surface area contributed by atoms with Crippen molar-refractivity contribution in [1.82, 2.24) is 9.78 Å². The Bertz CT molecular complexity index is 717. The van der Waals surface area contributed by atoms with Gasteiger partial charge in [0.25, 0.3) is 5.69 Å². The summed E-state index contributed by atoms with van der Waals surface area (Å²) < 4.78 is 1.48. The van der Waals surface area contributed by atoms with Crippen molar-refractivity contribution >= 4 is 11.7 Å². The smallest absolute Gasteiger partial charge is 0.269 e. The van der Waals surface area contributed by atoms with Gasteiger partial charge in [-0.05, 0) is 31.4 Å². The Morgan fingerprint density at radius 1 is 1.32 bits per heavy atom. The van der Waals surface area contributed by atoms with Gasteiger partial charge in [0.2, 0.25) is 0 Å². The van der Waals surface area contributed by atoms with Gasteiger partial charge in [-0.2, -0.15) is 5.10 Å². The van der Waals surface area contributed by atoms with Crippen LogP contribution >= 0.6 is 0 Å². The van der Waals surface area contributed by atoms with Gasteiger partial charge in [-0.1, -0.05) is 13.8 Å². The first kappa shape index (κ1) is 15.7. The van der Waals surface area contributed by atoms with Gasteiger partial charge in [0.05, 0.1) is 28.0 Å². The molecule has 7 heteroatoms. The van der Waals surface area contributed by atoms with Crippen molar-refractivity contribution < 1.29 is 14.8 Å². The van der Waals surface area contributed by atoms with Crippen LogP contribution in [0.4, 0.5) is 5.69 Å². The molecule has 0 fully saturated rings. The number of aromatic nitrogens is 2. The van der Waals surface area contributed by atoms with Crippen LogP contribution in [0.5, 0.6) is 0 Å². The summed E-state index contributed by atoms with van der Waals surface area (Å²) in [5.41, 5.74) is 1.54. The minimum absolute atomic E-state index is 0.0314. The first-order chi connectivity index (χ1) is 10.3. The Kier molecular flexibility index (Phi) is 4.25. The number of aromatic carboxylic acids is 1. The van der Waals surface area contributed by atoms with E-state index in [0.29, 0.717) is 23.5 Å². The molecule has 0 spiro atoms. The summed E-state index contributed by atoms with van der Waals surface area (Å²) in [6.45, 7) is 5.59. The number of nitro groups is 1. The number of non-ortho nitro benzene ring substituents is 1. The normalized spacial score (nSPS) is 10.9. The second-order valence-electron chi connectivity index (χ2n) is 5.48. The minimum atomic E-state index is -1.26. The average Bonchev–Trinajstić information content (AvgIpc) is 2.74. The molecule has 2 rings (SSSR count). The highest BCUT2D eigenvalue weighted by Crippen LogP contribution is 2.22. The summed E-state index contributed by atoms with van der Waals surface area (Å²) in [4.78, 5) is 21.6. The van der Waals surface area contributed by atoms with Crippen LogP contribution in [-0.2, 0) is 6.42 Å². The molecule has 0 bridgehead atoms. The lowest BCUT2D eigenvalue weighted by atomic mass is 10.0. The van der Waals surface area contributed by atoms with E-state index in [9.17, 15) is 20.0 Å². The van der Waals surface area contributed by atoms with Crippen molar-refractivity contribution in [3.63, 3.8) is 0 Å². The van der Waals surface area contributed by atoms with Crippen molar-refractivity contribution in [3.05, 3.63) is 51.3 Å². The van der Waals surface area contributed by atoms with E-state index in [0.717, 1.165) is 0 Å². The number of carbonyl (C=O) groups is 1. The highest BCUT2D eigenvalue weighted by molar-refractivity contribution is 5.88. The maximum atomic E-state index is 11.4. The van der Waals surface area contributed by atoms with Crippen molar-refractivity contribution in [3.8, 4) is 5.69 Å². The number of benzene rings is 1. The lowest BCUT2D eigenvalue weighted by Crippen LogP contribution is -2.24. The van der Waals surface area contributed by atoms with E-state index >= 15 is 0 Å². The number of carbonyl (C=O) groups excluding carboxylic acids is 1. The van der Waals surface area contributed by atoms with Gasteiger partial charge < -0.3 is 9.90 Å². The summed E-state index contributed by atoms with van der Waals surface area (Å²) in [7, 11) is 0. The van der Waals surface area contributed by atoms with Crippen molar-refractivity contribution in [2.75, 3.05) is 0 Å². The molecule has 0 aliphatic rings. The van der Waals surface area contributed by atoms with Crippen LogP contribution in [0.25, 0.3) is 5.69 Å². The number of hydrogen-bond acceptors (Lipinski definition) is 5. The van der Waals surface area contributed by atoms with Crippen LogP contribution in [0, 0.1) is 23.0 Å². The summed E-state index contributed by atoms with van der Waals surface area (Å²) >= 11 is 0. The third-order valence-corrected chi connectivity index (χ3v) is 3.30. The molecule has 1 aromatic heterocycles. The highest BCUT2D eigenvalue weighted by Gasteiger charge is 2.18. The number of rotatable bonds is 5. The zero-order valence-electron chi connectivity index (χ0n) is 12.6. The molecular weight excluding hydrogens is 286 g/mol. The molecule has 0 aliphatic heterocycles. The fraction of sp³-hybridized carbons (Fsp3) is 0.333. The Hall–Kier alpha value is -2.70. The van der Waals surface area contributed by atoms with E-state index in [1.807, 2.05) is 13.8 Å². The zero-order valence-corrected chi connectivity index (χ0v) is 12.6. The molecule has 0 saturated carbocycles. The number of carboxylic acid groups (broad SMARTS) is 1. The summed E-state index contributed by atoms with van der Waals surface area (Å²) in [6.07, 6.45) is 0.518. The number of carboxylic acids is 1. The molecule has 0 radical (unpaired) electrons. The Balaban J connectivity index is 2.51. The van der Waals surface area contributed by atoms with Crippen LogP contribution in [0.15, 0.2) is 24.3 Å². The van der Waals surface area contributed by atoms with Crippen LogP contribution in [-0.4, -0.2) is 20.7 Å². The van der Waals surface area contributed by atoms with Gasteiger partial charge >= 0.3 is 0 Å². The maximum Gasteiger partial charge on any atom is 0.269 e. The standard InChI is InChI=1S/C15H17N3O4/c1-9(2)8-13-14(15(19)20)10(3)17(16-13)11-4-6-12(7-5-11)18(21)22/h4-7,9H,8H2,1-3H3,(H,19,20)/p-1. The molecule has 0 unspecified atom stereocenters. The van der Waals surface area contributed by atoms with E-state index in [1.54, 1.807) is 6.92 Å². The predicted molar refractivity (Wildman–Crippen MR) is 77.8 cm³/mol. The van der Waals surface area contributed by atoms with E-state index in [2.05, 4.69) is 5.10 Å². The number of nitrogens with zero attached hydrogens (tertiary/aromatic N) is 3. The second-order valence-corrected chi connectivity index (χ2v) is 5.48. The fourth-order valence-corrected chi connectivity index (χ4v) is 2.32. The lowest BCUT2D eigenvalue weighted by molar-refractivity contribution is -0.384. The highest BCUT2D eigenvalue weighted by atomic mass is 16.6. The molecule has 2 aromatic rings. The zero-order chi connectivity index (χ0) is 16.4. The van der Waals surface area contributed by atoms with Gasteiger partial charge in [-0.15, -0.1) is 0 Å². The number of hydrogen-bond donors (Lipinski definition) is 0. The Morgan fingerprint density at radius 3 is 2.36 bits per heavy atom. The third kappa shape index (κ3) is 2.98. The molecule has 1 aromatic carbocycles. The molecule has 0 aliphatic carbocycles. The van der Waals surface area contributed by atoms with Gasteiger partial charge in [-0.3, -0.25) is 10.1 Å². The second kappa shape index (κ2) is 5.97. The number of nitro benzene ring substituents is 1. The minimum Gasteiger partial charge on any atom is -0.545 e. The molecule has 7 nitrogen and oxygen atoms in total. The molecule has 0 amide bonds. The van der Waals surface area contributed by atoms with Crippen molar-refractivity contribution in [1.29, 1.82) is 0 Å². The first-order valence-electron chi connectivity index (χ1n) is 6.86. The Morgan fingerprint density at radius 2 is 1.91 bits per heavy atom. The molecule has 0 saturated heterocycles. The average molecular weight is 302 g/mol. The van der Waals surface area contributed by atoms with Gasteiger partial charge in [0.15, 0.2) is 0 Å². The van der Waals surface area contributed by atoms with E-state index in [-0.39, 0.29) is 17.2 Å². The third-order valence-electron chi connectivity index (χ3n) is 3.30. The quantitative estimate of drug-likeness (QED) is 0.617. The molecule has 1 heterocycles. The molecule has 0 N–H and O–H groups in total. The fourth-order valence-electron chi connectivity index (χ4n) is 2.32. The SMILES string of the molecule is Cc1c(C(=O)[O-])c(CC(C)C)nn1-c1ccc([N+](=O)[O-])cc1. The van der Waals surface area contributed by atoms with Crippen molar-refractivity contribution in [2.45, 2.75) is 27.2 Å². The maximum absolute atomic E-state index is 11.4. The van der Waals surface area contributed by atoms with E-state index in [4.69, 9.17) is 0 Å². The van der Waals surface area contributed by atoms with Gasteiger partial charge in [0.1, 0.15) is 0 Å².